The lowest BCUT2D eigenvalue weighted by molar-refractivity contribution is 0.757. The molecule has 3 nitrogen and oxygen atoms in total. The van der Waals surface area contributed by atoms with E-state index >= 15 is 0 Å². The Hall–Kier alpha value is -7.19. The van der Waals surface area contributed by atoms with Crippen LogP contribution in [-0.2, 0) is 5.41 Å². The fraction of sp³-hybridized carbons (Fsp3) is 0.0566. The number of aliphatic imine (C=N–C) groups is 2. The molecule has 0 amide bonds. The molecule has 7 aromatic rings. The standard InChI is InChI=1S/C53H37N3/c1-5-13-37(14-6-1)38-21-23-41(24-22-38)52-55-50(40-15-7-2-8-16-40)29-30-51(56-52)43-26-28-47-46-27-25-42(39-31-33-54-34-32-39)35-48(46)53(49(47)36-43,44-17-9-3-10-18-44)45-19-11-4-12-20-45/h1-24,26,28,30-36H,25,27H2. The van der Waals surface area contributed by atoms with Crippen molar-refractivity contribution < 1.29 is 0 Å². The molecule has 1 aliphatic heterocycles. The minimum absolute atomic E-state index is 0.536. The summed E-state index contributed by atoms with van der Waals surface area (Å²) in [5.41, 5.74) is 20.2. The second-order valence-corrected chi connectivity index (χ2v) is 14.4. The highest BCUT2D eigenvalue weighted by molar-refractivity contribution is 6.19. The van der Waals surface area contributed by atoms with Crippen molar-refractivity contribution in [2.45, 2.75) is 18.3 Å². The van der Waals surface area contributed by atoms with Crippen LogP contribution in [0.25, 0.3) is 28.0 Å². The summed E-state index contributed by atoms with van der Waals surface area (Å²) in [6.07, 6.45) is 10.2. The number of allylic oxidation sites excluding steroid dienone is 5. The zero-order valence-corrected chi connectivity index (χ0v) is 30.8. The summed E-state index contributed by atoms with van der Waals surface area (Å²) in [5.74, 6) is 0.653. The summed E-state index contributed by atoms with van der Waals surface area (Å²) in [4.78, 5) is 14.8. The first-order valence-corrected chi connectivity index (χ1v) is 19.2. The molecule has 10 rings (SSSR count). The minimum atomic E-state index is -0.536. The van der Waals surface area contributed by atoms with E-state index in [1.54, 1.807) is 0 Å². The van der Waals surface area contributed by atoms with Gasteiger partial charge in [0, 0.05) is 35.2 Å². The summed E-state index contributed by atoms with van der Waals surface area (Å²) < 4.78 is 0. The van der Waals surface area contributed by atoms with Gasteiger partial charge >= 0.3 is 0 Å². The molecule has 6 aromatic carbocycles. The maximum Gasteiger partial charge on any atom is 0.161 e. The topological polar surface area (TPSA) is 37.6 Å². The molecule has 56 heavy (non-hydrogen) atoms. The average molecular weight is 716 g/mol. The van der Waals surface area contributed by atoms with Gasteiger partial charge in [0.25, 0.3) is 0 Å². The van der Waals surface area contributed by atoms with Crippen LogP contribution < -0.4 is 0 Å². The Kier molecular flexibility index (Phi) is 8.48. The van der Waals surface area contributed by atoms with Crippen LogP contribution in [0.2, 0.25) is 0 Å². The van der Waals surface area contributed by atoms with Crippen molar-refractivity contribution in [2.24, 2.45) is 9.98 Å². The van der Waals surface area contributed by atoms with Gasteiger partial charge in [0.15, 0.2) is 5.84 Å². The zero-order chi connectivity index (χ0) is 37.3. The Morgan fingerprint density at radius 3 is 1.71 bits per heavy atom. The maximum atomic E-state index is 5.35. The molecule has 2 aliphatic carbocycles. The number of benzene rings is 6. The van der Waals surface area contributed by atoms with Gasteiger partial charge in [-0.05, 0) is 86.7 Å². The van der Waals surface area contributed by atoms with Crippen molar-refractivity contribution in [3.05, 3.63) is 256 Å². The molecule has 0 saturated heterocycles. The molecule has 3 heteroatoms. The fourth-order valence-electron chi connectivity index (χ4n) is 8.63. The summed E-state index contributed by atoms with van der Waals surface area (Å²) >= 11 is 0. The number of fused-ring (bicyclic) bond motifs is 2. The van der Waals surface area contributed by atoms with Crippen molar-refractivity contribution in [1.29, 1.82) is 0 Å². The van der Waals surface area contributed by atoms with E-state index in [4.69, 9.17) is 9.98 Å². The lowest BCUT2D eigenvalue weighted by Gasteiger charge is -2.36. The molecule has 264 valence electrons. The molecule has 3 aliphatic rings. The van der Waals surface area contributed by atoms with Gasteiger partial charge in [-0.2, -0.15) is 0 Å². The highest BCUT2D eigenvalue weighted by Crippen LogP contribution is 2.58. The van der Waals surface area contributed by atoms with E-state index in [9.17, 15) is 0 Å². The Morgan fingerprint density at radius 1 is 0.482 bits per heavy atom. The highest BCUT2D eigenvalue weighted by Gasteiger charge is 2.48. The van der Waals surface area contributed by atoms with E-state index in [1.807, 2.05) is 42.7 Å². The van der Waals surface area contributed by atoms with Crippen molar-refractivity contribution in [3.8, 4) is 11.1 Å². The van der Waals surface area contributed by atoms with Crippen molar-refractivity contribution in [2.75, 3.05) is 0 Å². The second kappa shape index (κ2) is 14.2. The van der Waals surface area contributed by atoms with Crippen molar-refractivity contribution >= 4 is 28.4 Å². The van der Waals surface area contributed by atoms with Crippen molar-refractivity contribution in [1.82, 2.24) is 4.98 Å². The zero-order valence-electron chi connectivity index (χ0n) is 30.8. The molecule has 0 N–H and O–H groups in total. The predicted octanol–water partition coefficient (Wildman–Crippen LogP) is 12.2. The van der Waals surface area contributed by atoms with Gasteiger partial charge in [0.2, 0.25) is 0 Å². The van der Waals surface area contributed by atoms with Gasteiger partial charge in [-0.3, -0.25) is 4.98 Å². The normalized spacial score (nSPS) is 15.5. The highest BCUT2D eigenvalue weighted by atomic mass is 14.9. The lowest BCUT2D eigenvalue weighted by atomic mass is 9.65. The number of aromatic nitrogens is 1. The number of nitrogens with zero attached hydrogens (tertiary/aromatic N) is 3. The summed E-state index contributed by atoms with van der Waals surface area (Å²) in [6.45, 7) is 0. The van der Waals surface area contributed by atoms with Gasteiger partial charge in [0.1, 0.15) is 5.70 Å². The third-order valence-electron chi connectivity index (χ3n) is 11.3. The van der Waals surface area contributed by atoms with Gasteiger partial charge < -0.3 is 0 Å². The van der Waals surface area contributed by atoms with E-state index in [-0.39, 0.29) is 0 Å². The molecule has 2 heterocycles. The first kappa shape index (κ1) is 33.4. The fourth-order valence-corrected chi connectivity index (χ4v) is 8.63. The number of amidine groups is 1. The Labute approximate surface area is 327 Å². The minimum Gasteiger partial charge on any atom is -0.265 e. The molecule has 0 fully saturated rings. The van der Waals surface area contributed by atoms with Crippen LogP contribution >= 0.6 is 0 Å². The van der Waals surface area contributed by atoms with Crippen molar-refractivity contribution in [3.63, 3.8) is 0 Å². The monoisotopic (exact) mass is 715 g/mol. The summed E-state index contributed by atoms with van der Waals surface area (Å²) in [5, 5.41) is 0. The quantitative estimate of drug-likeness (QED) is 0.151. The first-order valence-electron chi connectivity index (χ1n) is 19.2. The smallest absolute Gasteiger partial charge is 0.161 e. The third-order valence-corrected chi connectivity index (χ3v) is 11.3. The predicted molar refractivity (Wildman–Crippen MR) is 230 cm³/mol. The maximum absolute atomic E-state index is 5.35. The Balaban J connectivity index is 1.16. The Morgan fingerprint density at radius 2 is 1.05 bits per heavy atom. The molecular weight excluding hydrogens is 679 g/mol. The average Bonchev–Trinajstić information content (AvgIpc) is 3.39. The van der Waals surface area contributed by atoms with Crippen LogP contribution in [0, 0.1) is 0 Å². The van der Waals surface area contributed by atoms with Crippen LogP contribution in [0.5, 0.6) is 0 Å². The van der Waals surface area contributed by atoms with Crippen LogP contribution in [0.3, 0.4) is 0 Å². The molecule has 0 atom stereocenters. The van der Waals surface area contributed by atoms with E-state index < -0.39 is 5.41 Å². The number of pyridine rings is 1. The molecule has 0 radical (unpaired) electrons. The van der Waals surface area contributed by atoms with Gasteiger partial charge in [0.05, 0.1) is 11.1 Å². The second-order valence-electron chi connectivity index (χ2n) is 14.4. The van der Waals surface area contributed by atoms with Crippen LogP contribution in [0.15, 0.2) is 222 Å². The van der Waals surface area contributed by atoms with Gasteiger partial charge in [-0.25, -0.2) is 9.98 Å². The molecule has 0 unspecified atom stereocenters. The number of hydrogen-bond donors (Lipinski definition) is 0. The molecule has 0 spiro atoms. The lowest BCUT2D eigenvalue weighted by Crippen LogP contribution is -2.30. The largest absolute Gasteiger partial charge is 0.265 e. The molecular formula is C53H37N3. The SMILES string of the molecule is C1=CC(c2ccc3c(c2)C(c2ccccc2)(c2ccccc2)C2=C3CCC(c3ccncc3)=C2)=NC(c2ccc(-c3ccccc3)cc2)=NC=1c1ccccc1. The van der Waals surface area contributed by atoms with E-state index in [2.05, 4.69) is 168 Å². The van der Waals surface area contributed by atoms with E-state index in [0.29, 0.717) is 5.84 Å². The van der Waals surface area contributed by atoms with Crippen LogP contribution in [0.4, 0.5) is 0 Å². The number of rotatable bonds is 7. The number of hydrogen-bond acceptors (Lipinski definition) is 3. The van der Waals surface area contributed by atoms with E-state index in [1.165, 1.54) is 50.1 Å². The third kappa shape index (κ3) is 5.83. The summed E-state index contributed by atoms with van der Waals surface area (Å²) in [7, 11) is 0. The van der Waals surface area contributed by atoms with E-state index in [0.717, 1.165) is 46.5 Å². The van der Waals surface area contributed by atoms with Gasteiger partial charge in [-0.1, -0.05) is 170 Å². The summed E-state index contributed by atoms with van der Waals surface area (Å²) in [6, 6.07) is 62.5. The first-order chi connectivity index (χ1) is 27.8. The Bertz CT molecular complexity index is 2730. The van der Waals surface area contributed by atoms with Gasteiger partial charge in [-0.15, -0.1) is 0 Å². The van der Waals surface area contributed by atoms with Crippen LogP contribution in [0.1, 0.15) is 57.3 Å². The molecule has 0 saturated carbocycles. The molecule has 1 aromatic heterocycles. The molecule has 0 bridgehead atoms. The van der Waals surface area contributed by atoms with Crippen LogP contribution in [-0.4, -0.2) is 16.5 Å².